The van der Waals surface area contributed by atoms with E-state index < -0.39 is 0 Å². The molecular formula is C18H28N2O3. The number of ether oxygens (including phenoxy) is 1. The lowest BCUT2D eigenvalue weighted by molar-refractivity contribution is -0.122. The first-order valence-electron chi connectivity index (χ1n) is 8.36. The van der Waals surface area contributed by atoms with Crippen molar-refractivity contribution in [3.8, 4) is 0 Å². The van der Waals surface area contributed by atoms with E-state index in [2.05, 4.69) is 10.2 Å². The van der Waals surface area contributed by atoms with Crippen LogP contribution in [-0.2, 0) is 22.7 Å². The van der Waals surface area contributed by atoms with Crippen LogP contribution in [0.3, 0.4) is 0 Å². The molecule has 1 atom stereocenters. The van der Waals surface area contributed by atoms with E-state index in [-0.39, 0.29) is 18.6 Å². The average molecular weight is 320 g/mol. The van der Waals surface area contributed by atoms with E-state index in [9.17, 15) is 4.79 Å². The maximum absolute atomic E-state index is 12.0. The molecule has 23 heavy (non-hydrogen) atoms. The number of hydrogen-bond donors (Lipinski definition) is 2. The molecular weight excluding hydrogens is 292 g/mol. The van der Waals surface area contributed by atoms with Crippen LogP contribution in [0.25, 0.3) is 0 Å². The number of benzene rings is 1. The van der Waals surface area contributed by atoms with Gasteiger partial charge in [0.1, 0.15) is 0 Å². The van der Waals surface area contributed by atoms with Crippen molar-refractivity contribution < 1.29 is 14.6 Å². The van der Waals surface area contributed by atoms with Crippen molar-refractivity contribution in [2.24, 2.45) is 5.92 Å². The van der Waals surface area contributed by atoms with Crippen molar-refractivity contribution in [2.45, 2.75) is 39.5 Å². The molecule has 2 rings (SSSR count). The minimum atomic E-state index is 0.0378. The number of hydrogen-bond acceptors (Lipinski definition) is 4. The number of aliphatic hydroxyl groups is 1. The van der Waals surface area contributed by atoms with Gasteiger partial charge in [0, 0.05) is 19.7 Å². The first-order valence-corrected chi connectivity index (χ1v) is 8.36. The predicted octanol–water partition coefficient (Wildman–Crippen LogP) is 1.54. The summed E-state index contributed by atoms with van der Waals surface area (Å²) >= 11 is 0. The number of rotatable bonds is 8. The molecule has 5 heteroatoms. The summed E-state index contributed by atoms with van der Waals surface area (Å²) in [5, 5.41) is 12.1. The predicted molar refractivity (Wildman–Crippen MR) is 89.8 cm³/mol. The summed E-state index contributed by atoms with van der Waals surface area (Å²) < 4.78 is 5.57. The summed E-state index contributed by atoms with van der Waals surface area (Å²) in [5.74, 6) is 0.360. The molecule has 1 aliphatic rings. The molecule has 0 radical (unpaired) electrons. The molecule has 0 aromatic heterocycles. The summed E-state index contributed by atoms with van der Waals surface area (Å²) in [6.45, 7) is 7.53. The Morgan fingerprint density at radius 1 is 1.35 bits per heavy atom. The highest BCUT2D eigenvalue weighted by Gasteiger charge is 2.23. The Kier molecular flexibility index (Phi) is 7.02. The molecule has 0 spiro atoms. The largest absolute Gasteiger partial charge is 0.396 e. The van der Waals surface area contributed by atoms with E-state index >= 15 is 0 Å². The minimum Gasteiger partial charge on any atom is -0.396 e. The highest BCUT2D eigenvalue weighted by atomic mass is 16.5. The lowest BCUT2D eigenvalue weighted by Crippen LogP contribution is -2.35. The zero-order valence-electron chi connectivity index (χ0n) is 14.1. The van der Waals surface area contributed by atoms with Gasteiger partial charge in [-0.15, -0.1) is 0 Å². The van der Waals surface area contributed by atoms with Crippen LogP contribution in [0.1, 0.15) is 31.4 Å². The van der Waals surface area contributed by atoms with Gasteiger partial charge in [0.25, 0.3) is 0 Å². The molecule has 0 saturated carbocycles. The topological polar surface area (TPSA) is 61.8 Å². The molecule has 2 N–H and O–H groups in total. The van der Waals surface area contributed by atoms with Gasteiger partial charge in [-0.1, -0.05) is 24.3 Å². The maximum atomic E-state index is 12.0. The molecule has 1 fully saturated rings. The van der Waals surface area contributed by atoms with Crippen molar-refractivity contribution in [1.82, 2.24) is 10.2 Å². The zero-order valence-corrected chi connectivity index (χ0v) is 14.1. The van der Waals surface area contributed by atoms with Crippen molar-refractivity contribution in [2.75, 3.05) is 26.2 Å². The van der Waals surface area contributed by atoms with E-state index in [0.29, 0.717) is 25.6 Å². The SMILES string of the molecule is CC(C)OCc1ccc(CNC(=O)CN2CCC(CO)C2)cc1. The van der Waals surface area contributed by atoms with Gasteiger partial charge in [-0.05, 0) is 43.9 Å². The van der Waals surface area contributed by atoms with Crippen LogP contribution in [0.4, 0.5) is 0 Å². The fourth-order valence-electron chi connectivity index (χ4n) is 2.68. The van der Waals surface area contributed by atoms with Gasteiger partial charge in [-0.2, -0.15) is 0 Å². The third-order valence-electron chi connectivity index (χ3n) is 4.09. The van der Waals surface area contributed by atoms with Gasteiger partial charge in [0.2, 0.25) is 5.91 Å². The van der Waals surface area contributed by atoms with Crippen LogP contribution in [0.15, 0.2) is 24.3 Å². The van der Waals surface area contributed by atoms with E-state index in [4.69, 9.17) is 9.84 Å². The molecule has 1 unspecified atom stereocenters. The van der Waals surface area contributed by atoms with Crippen molar-refractivity contribution in [3.63, 3.8) is 0 Å². The number of carbonyl (C=O) groups is 1. The number of carbonyl (C=O) groups excluding carboxylic acids is 1. The lowest BCUT2D eigenvalue weighted by Gasteiger charge is -2.15. The molecule has 0 aliphatic carbocycles. The Bertz CT molecular complexity index is 488. The standard InChI is InChI=1S/C18H28N2O3/c1-14(2)23-13-16-5-3-15(4-6-16)9-19-18(22)11-20-8-7-17(10-20)12-21/h3-6,14,17,21H,7-13H2,1-2H3,(H,19,22). The highest BCUT2D eigenvalue weighted by molar-refractivity contribution is 5.78. The summed E-state index contributed by atoms with van der Waals surface area (Å²) in [4.78, 5) is 14.1. The van der Waals surface area contributed by atoms with Gasteiger partial charge in [-0.3, -0.25) is 9.69 Å². The number of amides is 1. The minimum absolute atomic E-state index is 0.0378. The van der Waals surface area contributed by atoms with Crippen LogP contribution in [0.5, 0.6) is 0 Å². The molecule has 1 aromatic rings. The second-order valence-corrected chi connectivity index (χ2v) is 6.53. The Labute approximate surface area is 138 Å². The van der Waals surface area contributed by atoms with Crippen LogP contribution in [0.2, 0.25) is 0 Å². The number of nitrogens with one attached hydrogen (secondary N) is 1. The van der Waals surface area contributed by atoms with Gasteiger partial charge >= 0.3 is 0 Å². The van der Waals surface area contributed by atoms with Gasteiger partial charge in [0.15, 0.2) is 0 Å². The van der Waals surface area contributed by atoms with Gasteiger partial charge < -0.3 is 15.2 Å². The Morgan fingerprint density at radius 3 is 2.65 bits per heavy atom. The molecule has 0 bridgehead atoms. The van der Waals surface area contributed by atoms with Crippen LogP contribution in [-0.4, -0.2) is 48.3 Å². The molecule has 1 heterocycles. The van der Waals surface area contributed by atoms with Crippen LogP contribution >= 0.6 is 0 Å². The fourth-order valence-corrected chi connectivity index (χ4v) is 2.68. The molecule has 1 amide bonds. The third-order valence-corrected chi connectivity index (χ3v) is 4.09. The Hall–Kier alpha value is -1.43. The fraction of sp³-hybridized carbons (Fsp3) is 0.611. The highest BCUT2D eigenvalue weighted by Crippen LogP contribution is 2.14. The molecule has 128 valence electrons. The van der Waals surface area contributed by atoms with Crippen LogP contribution < -0.4 is 5.32 Å². The number of aliphatic hydroxyl groups excluding tert-OH is 1. The summed E-state index contributed by atoms with van der Waals surface area (Å²) in [6, 6.07) is 8.13. The molecule has 1 aromatic carbocycles. The van der Waals surface area contributed by atoms with E-state index in [1.54, 1.807) is 0 Å². The first-order chi connectivity index (χ1) is 11.1. The van der Waals surface area contributed by atoms with E-state index in [1.807, 2.05) is 38.1 Å². The van der Waals surface area contributed by atoms with E-state index in [1.165, 1.54) is 0 Å². The van der Waals surface area contributed by atoms with Crippen LogP contribution in [0, 0.1) is 5.92 Å². The number of likely N-dealkylation sites (tertiary alicyclic amines) is 1. The lowest BCUT2D eigenvalue weighted by atomic mass is 10.1. The average Bonchev–Trinajstić information content (AvgIpc) is 2.99. The molecule has 1 aliphatic heterocycles. The zero-order chi connectivity index (χ0) is 16.7. The number of nitrogens with zero attached hydrogens (tertiary/aromatic N) is 1. The summed E-state index contributed by atoms with van der Waals surface area (Å²) in [5.41, 5.74) is 2.22. The Morgan fingerprint density at radius 2 is 2.04 bits per heavy atom. The second-order valence-electron chi connectivity index (χ2n) is 6.53. The monoisotopic (exact) mass is 320 g/mol. The molecule has 5 nitrogen and oxygen atoms in total. The third kappa shape index (κ3) is 6.29. The summed E-state index contributed by atoms with van der Waals surface area (Å²) in [7, 11) is 0. The Balaban J connectivity index is 1.69. The second kappa shape index (κ2) is 9.01. The smallest absolute Gasteiger partial charge is 0.234 e. The van der Waals surface area contributed by atoms with Crippen molar-refractivity contribution >= 4 is 5.91 Å². The normalized spacial score (nSPS) is 18.5. The maximum Gasteiger partial charge on any atom is 0.234 e. The van der Waals surface area contributed by atoms with Gasteiger partial charge in [-0.25, -0.2) is 0 Å². The van der Waals surface area contributed by atoms with Gasteiger partial charge in [0.05, 0.1) is 19.3 Å². The summed E-state index contributed by atoms with van der Waals surface area (Å²) in [6.07, 6.45) is 1.20. The van der Waals surface area contributed by atoms with Crippen molar-refractivity contribution in [1.29, 1.82) is 0 Å². The molecule has 1 saturated heterocycles. The van der Waals surface area contributed by atoms with E-state index in [0.717, 1.165) is 30.6 Å². The van der Waals surface area contributed by atoms with Crippen molar-refractivity contribution in [3.05, 3.63) is 35.4 Å². The quantitative estimate of drug-likeness (QED) is 0.763. The first kappa shape index (κ1) is 17.9.